The summed E-state index contributed by atoms with van der Waals surface area (Å²) in [7, 11) is 0. The van der Waals surface area contributed by atoms with Crippen LogP contribution in [0.4, 0.5) is 0 Å². The van der Waals surface area contributed by atoms with Gasteiger partial charge in [-0.3, -0.25) is 14.0 Å². The number of fused-ring (bicyclic) bond motifs is 1. The molecule has 0 aliphatic carbocycles. The molecule has 5 aromatic rings. The molecule has 31 heavy (non-hydrogen) atoms. The van der Waals surface area contributed by atoms with Crippen molar-refractivity contribution >= 4 is 17.5 Å². The van der Waals surface area contributed by atoms with Crippen LogP contribution in [0.2, 0.25) is 0 Å². The molecule has 1 aromatic carbocycles. The Hall–Kier alpha value is -3.52. The van der Waals surface area contributed by atoms with Gasteiger partial charge in [0.25, 0.3) is 0 Å². The van der Waals surface area contributed by atoms with Crippen LogP contribution in [0.1, 0.15) is 22.6 Å². The molecule has 4 aromatic heterocycles. The largest absolute Gasteiger partial charge is 0.297 e. The average molecular weight is 428 g/mol. The number of aryl methyl sites for hydroxylation is 2. The van der Waals surface area contributed by atoms with Gasteiger partial charge in [-0.2, -0.15) is 0 Å². The van der Waals surface area contributed by atoms with E-state index in [-0.39, 0.29) is 0 Å². The van der Waals surface area contributed by atoms with Gasteiger partial charge in [0.05, 0.1) is 12.2 Å². The molecule has 0 amide bonds. The van der Waals surface area contributed by atoms with E-state index in [9.17, 15) is 0 Å². The number of thioether (sulfide) groups is 1. The highest BCUT2D eigenvalue weighted by atomic mass is 32.2. The maximum Gasteiger partial charge on any atom is 0.234 e. The Balaban J connectivity index is 1.46. The summed E-state index contributed by atoms with van der Waals surface area (Å²) in [6, 6.07) is 16.3. The fraction of sp³-hybridized carbons (Fsp3) is 0.174. The lowest BCUT2D eigenvalue weighted by atomic mass is 10.2. The van der Waals surface area contributed by atoms with Crippen molar-refractivity contribution in [2.75, 3.05) is 0 Å². The van der Waals surface area contributed by atoms with Crippen molar-refractivity contribution in [1.29, 1.82) is 0 Å². The molecule has 0 saturated heterocycles. The molecule has 0 bridgehead atoms. The molecular formula is C23H21N7S. The minimum atomic E-state index is 0.682. The summed E-state index contributed by atoms with van der Waals surface area (Å²) in [4.78, 5) is 13.5. The van der Waals surface area contributed by atoms with Gasteiger partial charge in [-0.05, 0) is 37.6 Å². The Labute approximate surface area is 184 Å². The van der Waals surface area contributed by atoms with E-state index in [4.69, 9.17) is 4.98 Å². The van der Waals surface area contributed by atoms with Crippen molar-refractivity contribution in [1.82, 2.24) is 34.1 Å². The number of aromatic nitrogens is 7. The number of imidazole rings is 1. The van der Waals surface area contributed by atoms with Crippen molar-refractivity contribution in [3.63, 3.8) is 0 Å². The van der Waals surface area contributed by atoms with Gasteiger partial charge in [-0.1, -0.05) is 42.1 Å². The van der Waals surface area contributed by atoms with Crippen LogP contribution in [0.3, 0.4) is 0 Å². The molecule has 0 aliphatic rings. The summed E-state index contributed by atoms with van der Waals surface area (Å²) >= 11 is 1.63. The highest BCUT2D eigenvalue weighted by molar-refractivity contribution is 7.98. The van der Waals surface area contributed by atoms with Gasteiger partial charge in [0.2, 0.25) is 5.78 Å². The Morgan fingerprint density at radius 3 is 2.65 bits per heavy atom. The summed E-state index contributed by atoms with van der Waals surface area (Å²) in [5, 5.41) is 9.81. The summed E-state index contributed by atoms with van der Waals surface area (Å²) < 4.78 is 4.17. The molecule has 7 nitrogen and oxygen atoms in total. The normalized spacial score (nSPS) is 11.3. The topological polar surface area (TPSA) is 73.8 Å². The van der Waals surface area contributed by atoms with E-state index in [0.717, 1.165) is 39.4 Å². The van der Waals surface area contributed by atoms with Crippen molar-refractivity contribution in [3.8, 4) is 11.4 Å². The third-order valence-electron chi connectivity index (χ3n) is 4.98. The molecule has 0 spiro atoms. The molecule has 0 N–H and O–H groups in total. The molecular weight excluding hydrogens is 406 g/mol. The second kappa shape index (κ2) is 8.31. The second-order valence-electron chi connectivity index (χ2n) is 7.35. The average Bonchev–Trinajstić information content (AvgIpc) is 3.37. The SMILES string of the molecule is Cc1cc(C)n2cc(CSc3nnc(-c4cccnc4)n3Cc3ccccc3)nc2n1. The molecule has 0 saturated carbocycles. The number of nitrogens with zero attached hydrogens (tertiary/aromatic N) is 7. The predicted molar refractivity (Wildman–Crippen MR) is 121 cm³/mol. The van der Waals surface area contributed by atoms with Crippen LogP contribution < -0.4 is 0 Å². The molecule has 4 heterocycles. The molecule has 5 rings (SSSR count). The maximum atomic E-state index is 4.69. The van der Waals surface area contributed by atoms with E-state index >= 15 is 0 Å². The quantitative estimate of drug-likeness (QED) is 0.375. The molecule has 0 unspecified atom stereocenters. The van der Waals surface area contributed by atoms with Crippen molar-refractivity contribution in [2.45, 2.75) is 31.3 Å². The Bertz CT molecular complexity index is 1330. The van der Waals surface area contributed by atoms with Crippen LogP contribution in [0.5, 0.6) is 0 Å². The van der Waals surface area contributed by atoms with Crippen LogP contribution in [0.15, 0.2) is 72.3 Å². The third-order valence-corrected chi connectivity index (χ3v) is 5.98. The number of hydrogen-bond donors (Lipinski definition) is 0. The van der Waals surface area contributed by atoms with Crippen LogP contribution in [-0.4, -0.2) is 34.1 Å². The van der Waals surface area contributed by atoms with Gasteiger partial charge in [-0.15, -0.1) is 10.2 Å². The smallest absolute Gasteiger partial charge is 0.234 e. The Kier molecular flexibility index (Phi) is 5.21. The van der Waals surface area contributed by atoms with E-state index in [0.29, 0.717) is 12.3 Å². The maximum absolute atomic E-state index is 4.69. The number of rotatable bonds is 6. The highest BCUT2D eigenvalue weighted by Crippen LogP contribution is 2.27. The summed E-state index contributed by atoms with van der Waals surface area (Å²) in [5.74, 6) is 2.22. The minimum Gasteiger partial charge on any atom is -0.297 e. The summed E-state index contributed by atoms with van der Waals surface area (Å²) in [6.07, 6.45) is 5.63. The van der Waals surface area contributed by atoms with Crippen LogP contribution in [-0.2, 0) is 12.3 Å². The zero-order valence-electron chi connectivity index (χ0n) is 17.3. The zero-order chi connectivity index (χ0) is 21.2. The van der Waals surface area contributed by atoms with Gasteiger partial charge < -0.3 is 0 Å². The fourth-order valence-electron chi connectivity index (χ4n) is 3.54. The predicted octanol–water partition coefficient (Wildman–Crippen LogP) is 4.34. The minimum absolute atomic E-state index is 0.682. The van der Waals surface area contributed by atoms with Gasteiger partial charge in [0.1, 0.15) is 0 Å². The van der Waals surface area contributed by atoms with Gasteiger partial charge in [0.15, 0.2) is 11.0 Å². The fourth-order valence-corrected chi connectivity index (χ4v) is 4.36. The first-order chi connectivity index (χ1) is 15.2. The molecule has 0 aliphatic heterocycles. The molecule has 0 fully saturated rings. The van der Waals surface area contributed by atoms with Gasteiger partial charge >= 0.3 is 0 Å². The van der Waals surface area contributed by atoms with E-state index in [1.165, 1.54) is 5.56 Å². The molecule has 0 radical (unpaired) electrons. The lowest BCUT2D eigenvalue weighted by Gasteiger charge is -2.10. The molecule has 154 valence electrons. The first-order valence-electron chi connectivity index (χ1n) is 10.00. The van der Waals surface area contributed by atoms with E-state index in [1.54, 1.807) is 18.0 Å². The number of benzene rings is 1. The first kappa shape index (κ1) is 19.4. The molecule has 0 atom stereocenters. The van der Waals surface area contributed by atoms with Gasteiger partial charge in [-0.25, -0.2) is 9.97 Å². The molecule has 8 heteroatoms. The lowest BCUT2D eigenvalue weighted by molar-refractivity contribution is 0.714. The zero-order valence-corrected chi connectivity index (χ0v) is 18.1. The summed E-state index contributed by atoms with van der Waals surface area (Å²) in [6.45, 7) is 4.74. The Morgan fingerprint density at radius 2 is 1.84 bits per heavy atom. The summed E-state index contributed by atoms with van der Waals surface area (Å²) in [5.41, 5.74) is 5.19. The monoisotopic (exact) mass is 427 g/mol. The second-order valence-corrected chi connectivity index (χ2v) is 8.29. The Morgan fingerprint density at radius 1 is 0.968 bits per heavy atom. The third kappa shape index (κ3) is 4.06. The van der Waals surface area contributed by atoms with Crippen molar-refractivity contribution < 1.29 is 0 Å². The van der Waals surface area contributed by atoms with Crippen LogP contribution in [0, 0.1) is 13.8 Å². The van der Waals surface area contributed by atoms with Crippen molar-refractivity contribution in [3.05, 3.63) is 89.8 Å². The number of hydrogen-bond acceptors (Lipinski definition) is 6. The highest BCUT2D eigenvalue weighted by Gasteiger charge is 2.16. The number of pyridine rings is 1. The van der Waals surface area contributed by atoms with Crippen molar-refractivity contribution in [2.24, 2.45) is 0 Å². The first-order valence-corrected chi connectivity index (χ1v) is 11.0. The lowest BCUT2D eigenvalue weighted by Crippen LogP contribution is -2.04. The van der Waals surface area contributed by atoms with Crippen LogP contribution >= 0.6 is 11.8 Å². The standard InChI is InChI=1S/C23H21N7S/c1-16-11-17(2)29-14-20(26-22(29)25-16)15-31-23-28-27-21(19-9-6-10-24-12-19)30(23)13-18-7-4-3-5-8-18/h3-12,14H,13,15H2,1-2H3. The van der Waals surface area contributed by atoms with E-state index in [1.807, 2.05) is 54.0 Å². The van der Waals surface area contributed by atoms with Crippen LogP contribution in [0.25, 0.3) is 17.2 Å². The van der Waals surface area contributed by atoms with E-state index in [2.05, 4.69) is 49.9 Å². The van der Waals surface area contributed by atoms with Gasteiger partial charge in [0, 0.05) is 41.3 Å². The van der Waals surface area contributed by atoms with E-state index < -0.39 is 0 Å².